The van der Waals surface area contributed by atoms with Gasteiger partial charge in [-0.05, 0) is 41.8 Å². The summed E-state index contributed by atoms with van der Waals surface area (Å²) < 4.78 is 27.6. The Balaban J connectivity index is 1.44. The molecule has 0 saturated carbocycles. The highest BCUT2D eigenvalue weighted by Crippen LogP contribution is 2.30. The van der Waals surface area contributed by atoms with Gasteiger partial charge in [0.2, 0.25) is 10.0 Å². The quantitative estimate of drug-likeness (QED) is 0.438. The number of benzene rings is 2. The van der Waals surface area contributed by atoms with Crippen LogP contribution in [-0.2, 0) is 10.0 Å². The van der Waals surface area contributed by atoms with Crippen LogP contribution < -0.4 is 4.90 Å². The van der Waals surface area contributed by atoms with Gasteiger partial charge >= 0.3 is 0 Å². The van der Waals surface area contributed by atoms with E-state index in [0.29, 0.717) is 37.0 Å². The molecule has 0 amide bonds. The number of halogens is 1. The third-order valence-electron chi connectivity index (χ3n) is 5.30. The lowest BCUT2D eigenvalue weighted by Crippen LogP contribution is -2.49. The van der Waals surface area contributed by atoms with Gasteiger partial charge in [-0.25, -0.2) is 18.4 Å². The minimum atomic E-state index is -3.59. The van der Waals surface area contributed by atoms with Crippen LogP contribution in [0.5, 0.6) is 0 Å². The molecule has 1 aliphatic heterocycles. The molecule has 2 aromatic heterocycles. The summed E-state index contributed by atoms with van der Waals surface area (Å²) in [6.07, 6.45) is 0. The Morgan fingerprint density at radius 3 is 2.45 bits per heavy atom. The fraction of sp³-hybridized carbons (Fsp3) is 0.182. The maximum Gasteiger partial charge on any atom is 0.243 e. The summed E-state index contributed by atoms with van der Waals surface area (Å²) in [6, 6.07) is 18.3. The number of sulfonamides is 1. The predicted octanol–water partition coefficient (Wildman–Crippen LogP) is 4.52. The summed E-state index contributed by atoms with van der Waals surface area (Å²) in [5, 5.41) is 3.38. The summed E-state index contributed by atoms with van der Waals surface area (Å²) in [5.74, 6) is 1.53. The molecule has 3 heterocycles. The second-order valence-corrected chi connectivity index (χ2v) is 10.5. The van der Waals surface area contributed by atoms with E-state index in [9.17, 15) is 8.42 Å². The van der Waals surface area contributed by atoms with Crippen molar-refractivity contribution in [2.75, 3.05) is 31.1 Å². The van der Waals surface area contributed by atoms with Crippen LogP contribution in [0, 0.1) is 0 Å². The van der Waals surface area contributed by atoms with Gasteiger partial charge in [0, 0.05) is 36.6 Å². The van der Waals surface area contributed by atoms with Crippen LogP contribution in [0.4, 0.5) is 5.82 Å². The van der Waals surface area contributed by atoms with Gasteiger partial charge in [-0.3, -0.25) is 0 Å². The second-order valence-electron chi connectivity index (χ2n) is 7.21. The average molecular weight is 471 g/mol. The van der Waals surface area contributed by atoms with Crippen molar-refractivity contribution in [1.82, 2.24) is 14.3 Å². The van der Waals surface area contributed by atoms with Crippen LogP contribution in [0.25, 0.3) is 21.6 Å². The first-order valence-electron chi connectivity index (χ1n) is 9.84. The molecule has 4 aromatic rings. The Hall–Kier alpha value is -2.52. The molecule has 158 valence electrons. The highest BCUT2D eigenvalue weighted by molar-refractivity contribution is 7.89. The lowest BCUT2D eigenvalue weighted by atomic mass is 10.2. The van der Waals surface area contributed by atoms with E-state index >= 15 is 0 Å². The molecule has 0 N–H and O–H groups in total. The molecule has 31 heavy (non-hydrogen) atoms. The van der Waals surface area contributed by atoms with E-state index in [4.69, 9.17) is 21.6 Å². The largest absolute Gasteiger partial charge is 0.353 e. The summed E-state index contributed by atoms with van der Waals surface area (Å²) in [6.45, 7) is 1.85. The first-order chi connectivity index (χ1) is 15.0. The summed E-state index contributed by atoms with van der Waals surface area (Å²) >= 11 is 7.60. The third-order valence-corrected chi connectivity index (χ3v) is 8.29. The van der Waals surface area contributed by atoms with Crippen LogP contribution in [0.15, 0.2) is 70.9 Å². The summed E-state index contributed by atoms with van der Waals surface area (Å²) in [4.78, 5) is 13.0. The Bertz CT molecular complexity index is 1330. The van der Waals surface area contributed by atoms with E-state index in [1.165, 1.54) is 10.4 Å². The van der Waals surface area contributed by atoms with Crippen molar-refractivity contribution in [2.45, 2.75) is 4.90 Å². The minimum absolute atomic E-state index is 0.223. The molecule has 5 rings (SSSR count). The first-order valence-corrected chi connectivity index (χ1v) is 12.5. The van der Waals surface area contributed by atoms with Gasteiger partial charge < -0.3 is 4.90 Å². The molecule has 0 radical (unpaired) electrons. The van der Waals surface area contributed by atoms with E-state index in [2.05, 4.69) is 4.90 Å². The maximum atomic E-state index is 13.0. The molecule has 9 heteroatoms. The van der Waals surface area contributed by atoms with Gasteiger partial charge in [0.05, 0.1) is 15.3 Å². The zero-order valence-electron chi connectivity index (χ0n) is 16.5. The standard InChI is InChI=1S/C22H19ClN4O2S2/c23-16-5-3-6-17(15-16)31(28,29)27-12-10-26(11-13-27)22-18-7-1-2-8-19(18)24-21(25-22)20-9-4-14-30-20/h1-9,14-15H,10-13H2. The number of para-hydroxylation sites is 1. The highest BCUT2D eigenvalue weighted by Gasteiger charge is 2.30. The number of hydrogen-bond donors (Lipinski definition) is 0. The van der Waals surface area contributed by atoms with Gasteiger partial charge in [-0.15, -0.1) is 11.3 Å². The molecule has 1 fully saturated rings. The molecule has 0 unspecified atom stereocenters. The number of aromatic nitrogens is 2. The number of hydrogen-bond acceptors (Lipinski definition) is 6. The maximum absolute atomic E-state index is 13.0. The fourth-order valence-electron chi connectivity index (χ4n) is 3.73. The van der Waals surface area contributed by atoms with Crippen molar-refractivity contribution in [3.8, 4) is 10.7 Å². The van der Waals surface area contributed by atoms with E-state index in [0.717, 1.165) is 21.6 Å². The van der Waals surface area contributed by atoms with E-state index < -0.39 is 10.0 Å². The van der Waals surface area contributed by atoms with Crippen LogP contribution >= 0.6 is 22.9 Å². The van der Waals surface area contributed by atoms with Crippen LogP contribution in [-0.4, -0.2) is 48.9 Å². The molecule has 2 aromatic carbocycles. The van der Waals surface area contributed by atoms with Crippen molar-refractivity contribution >= 4 is 49.7 Å². The number of anilines is 1. The smallest absolute Gasteiger partial charge is 0.243 e. The van der Waals surface area contributed by atoms with Gasteiger partial charge in [-0.1, -0.05) is 35.9 Å². The predicted molar refractivity (Wildman–Crippen MR) is 125 cm³/mol. The lowest BCUT2D eigenvalue weighted by Gasteiger charge is -2.35. The van der Waals surface area contributed by atoms with Crippen LogP contribution in [0.2, 0.25) is 5.02 Å². The SMILES string of the molecule is O=S(=O)(c1cccc(Cl)c1)N1CCN(c2nc(-c3cccs3)nc3ccccc23)CC1. The van der Waals surface area contributed by atoms with Crippen LogP contribution in [0.3, 0.4) is 0 Å². The minimum Gasteiger partial charge on any atom is -0.353 e. The normalized spacial score (nSPS) is 15.5. The molecular formula is C22H19ClN4O2S2. The van der Waals surface area contributed by atoms with Gasteiger partial charge in [0.15, 0.2) is 5.82 Å². The Labute approximate surface area is 189 Å². The average Bonchev–Trinajstić information content (AvgIpc) is 3.33. The van der Waals surface area contributed by atoms with E-state index in [1.807, 2.05) is 41.8 Å². The topological polar surface area (TPSA) is 66.4 Å². The lowest BCUT2D eigenvalue weighted by molar-refractivity contribution is 0.384. The number of nitrogens with zero attached hydrogens (tertiary/aromatic N) is 4. The second kappa shape index (κ2) is 8.20. The molecule has 0 bridgehead atoms. The summed E-state index contributed by atoms with van der Waals surface area (Å²) in [7, 11) is -3.59. The number of thiophene rings is 1. The molecular weight excluding hydrogens is 452 g/mol. The monoisotopic (exact) mass is 470 g/mol. The Morgan fingerprint density at radius 1 is 0.903 bits per heavy atom. The molecule has 1 aliphatic rings. The molecule has 6 nitrogen and oxygen atoms in total. The molecule has 0 atom stereocenters. The van der Waals surface area contributed by atoms with Gasteiger partial charge in [-0.2, -0.15) is 4.31 Å². The Kier molecular flexibility index (Phi) is 5.39. The van der Waals surface area contributed by atoms with E-state index in [1.54, 1.807) is 29.5 Å². The molecule has 0 spiro atoms. The van der Waals surface area contributed by atoms with Crippen molar-refractivity contribution in [3.63, 3.8) is 0 Å². The number of fused-ring (bicyclic) bond motifs is 1. The van der Waals surface area contributed by atoms with Crippen molar-refractivity contribution in [2.24, 2.45) is 0 Å². The highest BCUT2D eigenvalue weighted by atomic mass is 35.5. The zero-order valence-corrected chi connectivity index (χ0v) is 18.9. The first kappa shape index (κ1) is 20.4. The Morgan fingerprint density at radius 2 is 1.71 bits per heavy atom. The molecule has 1 saturated heterocycles. The van der Waals surface area contributed by atoms with Crippen molar-refractivity contribution in [1.29, 1.82) is 0 Å². The third kappa shape index (κ3) is 3.92. The van der Waals surface area contributed by atoms with Crippen molar-refractivity contribution in [3.05, 3.63) is 71.1 Å². The van der Waals surface area contributed by atoms with Crippen molar-refractivity contribution < 1.29 is 8.42 Å². The van der Waals surface area contributed by atoms with E-state index in [-0.39, 0.29) is 4.90 Å². The zero-order chi connectivity index (χ0) is 21.4. The summed E-state index contributed by atoms with van der Waals surface area (Å²) in [5.41, 5.74) is 0.880. The number of rotatable bonds is 4. The van der Waals surface area contributed by atoms with Gasteiger partial charge in [0.25, 0.3) is 0 Å². The molecule has 0 aliphatic carbocycles. The van der Waals surface area contributed by atoms with Gasteiger partial charge in [0.1, 0.15) is 5.82 Å². The van der Waals surface area contributed by atoms with Crippen LogP contribution in [0.1, 0.15) is 0 Å². The fourth-order valence-corrected chi connectivity index (χ4v) is 6.11. The number of piperazine rings is 1.